The molecule has 3 aromatic rings. The Labute approximate surface area is 326 Å². The first-order valence-electron chi connectivity index (χ1n) is 19.2. The largest absolute Gasteiger partial charge is 0.490 e. The third-order valence-corrected chi connectivity index (χ3v) is 11.4. The number of carbonyl (C=O) groups excluding carboxylic acids is 3. The van der Waals surface area contributed by atoms with Crippen LogP contribution in [0.5, 0.6) is 5.75 Å². The number of rotatable bonds is 10. The van der Waals surface area contributed by atoms with Crippen molar-refractivity contribution in [3.63, 3.8) is 0 Å². The first-order valence-corrected chi connectivity index (χ1v) is 19.6. The van der Waals surface area contributed by atoms with Crippen LogP contribution >= 0.6 is 11.6 Å². The summed E-state index contributed by atoms with van der Waals surface area (Å²) in [6, 6.07) is 14.0. The number of allylic oxidation sites excluding steroid dienone is 1. The Morgan fingerprint density at radius 2 is 1.64 bits per heavy atom. The van der Waals surface area contributed by atoms with Gasteiger partial charge >= 0.3 is 0 Å². The molecular weight excluding hydrogens is 720 g/mol. The van der Waals surface area contributed by atoms with E-state index in [1.807, 2.05) is 12.1 Å². The Kier molecular flexibility index (Phi) is 12.1. The van der Waals surface area contributed by atoms with E-state index >= 15 is 0 Å². The van der Waals surface area contributed by atoms with Crippen molar-refractivity contribution in [2.75, 3.05) is 55.6 Å². The molecule has 55 heavy (non-hydrogen) atoms. The highest BCUT2D eigenvalue weighted by atomic mass is 35.5. The van der Waals surface area contributed by atoms with Gasteiger partial charge in [-0.2, -0.15) is 5.26 Å². The van der Waals surface area contributed by atoms with Gasteiger partial charge in [0.1, 0.15) is 23.7 Å². The number of carbonyl (C=O) groups is 3. The molecule has 4 aliphatic rings. The molecule has 3 saturated heterocycles. The predicted molar refractivity (Wildman–Crippen MR) is 208 cm³/mol. The molecule has 15 heteroatoms. The highest BCUT2D eigenvalue weighted by Crippen LogP contribution is 2.28. The SMILES string of the molecule is C=C1CCC(NC(=O)c2ccc(N3CCN(CC4CCN(c5ccc(C(=O)NC6CCC(Oc7ccc(C#N)c(Cl)c7)CC6)nn5)CC4)CC3)nc2)C(=O)N1. The van der Waals surface area contributed by atoms with Gasteiger partial charge in [0.15, 0.2) is 11.5 Å². The fourth-order valence-corrected chi connectivity index (χ4v) is 7.99. The first-order chi connectivity index (χ1) is 26.7. The Morgan fingerprint density at radius 3 is 2.29 bits per heavy atom. The van der Waals surface area contributed by atoms with Crippen molar-refractivity contribution < 1.29 is 19.1 Å². The molecule has 1 atom stereocenters. The third kappa shape index (κ3) is 9.71. The van der Waals surface area contributed by atoms with Crippen LogP contribution in [0.15, 0.2) is 60.9 Å². The number of piperidine rings is 2. The van der Waals surface area contributed by atoms with E-state index in [2.05, 4.69) is 58.5 Å². The minimum Gasteiger partial charge on any atom is -0.490 e. The average Bonchev–Trinajstić information content (AvgIpc) is 3.20. The lowest BCUT2D eigenvalue weighted by atomic mass is 9.93. The van der Waals surface area contributed by atoms with Gasteiger partial charge in [-0.3, -0.25) is 19.3 Å². The summed E-state index contributed by atoms with van der Waals surface area (Å²) < 4.78 is 6.08. The molecule has 0 radical (unpaired) electrons. The second-order valence-corrected chi connectivity index (χ2v) is 15.3. The maximum Gasteiger partial charge on any atom is 0.272 e. The fourth-order valence-electron chi connectivity index (χ4n) is 7.78. The number of nitrogens with zero attached hydrogens (tertiary/aromatic N) is 7. The van der Waals surface area contributed by atoms with E-state index in [9.17, 15) is 14.4 Å². The highest BCUT2D eigenvalue weighted by Gasteiger charge is 2.28. The molecule has 0 spiro atoms. The predicted octanol–water partition coefficient (Wildman–Crippen LogP) is 4.08. The summed E-state index contributed by atoms with van der Waals surface area (Å²) in [5, 5.41) is 26.8. The number of halogens is 1. The number of piperazine rings is 1. The molecule has 5 heterocycles. The smallest absolute Gasteiger partial charge is 0.272 e. The van der Waals surface area contributed by atoms with Gasteiger partial charge in [0.25, 0.3) is 11.8 Å². The Bertz CT molecular complexity index is 1900. The molecule has 1 unspecified atom stereocenters. The highest BCUT2D eigenvalue weighted by molar-refractivity contribution is 6.31. The van der Waals surface area contributed by atoms with Crippen LogP contribution in [-0.2, 0) is 4.79 Å². The van der Waals surface area contributed by atoms with Crippen LogP contribution in [0.4, 0.5) is 11.6 Å². The second-order valence-electron chi connectivity index (χ2n) is 14.9. The molecule has 4 fully saturated rings. The maximum absolute atomic E-state index is 13.0. The topological polar surface area (TPSA) is 169 Å². The van der Waals surface area contributed by atoms with Gasteiger partial charge in [-0.05, 0) is 93.7 Å². The van der Waals surface area contributed by atoms with Crippen LogP contribution in [0.2, 0.25) is 5.02 Å². The van der Waals surface area contributed by atoms with Crippen LogP contribution in [-0.4, -0.2) is 102 Å². The van der Waals surface area contributed by atoms with E-state index < -0.39 is 6.04 Å². The summed E-state index contributed by atoms with van der Waals surface area (Å²) in [5.41, 5.74) is 1.85. The van der Waals surface area contributed by atoms with Crippen molar-refractivity contribution in [2.45, 2.75) is 69.6 Å². The van der Waals surface area contributed by atoms with E-state index in [0.29, 0.717) is 52.0 Å². The number of anilines is 2. The minimum absolute atomic E-state index is 0.0308. The minimum atomic E-state index is -0.562. The molecule has 1 saturated carbocycles. The van der Waals surface area contributed by atoms with Crippen LogP contribution in [0.1, 0.15) is 77.8 Å². The van der Waals surface area contributed by atoms with Crippen molar-refractivity contribution in [1.29, 1.82) is 5.26 Å². The second kappa shape index (κ2) is 17.5. The summed E-state index contributed by atoms with van der Waals surface area (Å²) in [5.74, 6) is 2.15. The first kappa shape index (κ1) is 38.0. The van der Waals surface area contributed by atoms with Crippen molar-refractivity contribution >= 4 is 41.0 Å². The molecule has 1 aliphatic carbocycles. The monoisotopic (exact) mass is 766 g/mol. The van der Waals surface area contributed by atoms with Crippen LogP contribution in [0, 0.1) is 17.2 Å². The molecule has 3 aliphatic heterocycles. The zero-order valence-electron chi connectivity index (χ0n) is 30.9. The number of pyridine rings is 1. The summed E-state index contributed by atoms with van der Waals surface area (Å²) in [7, 11) is 0. The molecule has 3 amide bonds. The summed E-state index contributed by atoms with van der Waals surface area (Å²) in [6.45, 7) is 10.3. The quantitative estimate of drug-likeness (QED) is 0.272. The van der Waals surface area contributed by atoms with Gasteiger partial charge in [0, 0.05) is 69.8 Å². The normalized spacial score (nSPS) is 22.4. The Balaban J connectivity index is 0.789. The summed E-state index contributed by atoms with van der Waals surface area (Å²) in [4.78, 5) is 49.4. The van der Waals surface area contributed by atoms with Gasteiger partial charge in [-0.15, -0.1) is 10.2 Å². The Morgan fingerprint density at radius 1 is 0.891 bits per heavy atom. The number of benzene rings is 1. The molecule has 1 aromatic carbocycles. The number of hydrogen-bond acceptors (Lipinski definition) is 11. The van der Waals surface area contributed by atoms with E-state index in [0.717, 1.165) is 96.0 Å². The van der Waals surface area contributed by atoms with Gasteiger partial charge in [-0.1, -0.05) is 18.2 Å². The van der Waals surface area contributed by atoms with E-state index in [4.69, 9.17) is 21.6 Å². The zero-order valence-corrected chi connectivity index (χ0v) is 31.6. The van der Waals surface area contributed by atoms with Crippen molar-refractivity contribution in [1.82, 2.24) is 36.0 Å². The van der Waals surface area contributed by atoms with E-state index in [1.165, 1.54) is 0 Å². The van der Waals surface area contributed by atoms with Crippen molar-refractivity contribution in [3.05, 3.63) is 82.8 Å². The molecule has 7 rings (SSSR count). The van der Waals surface area contributed by atoms with Gasteiger partial charge < -0.3 is 30.5 Å². The molecule has 3 N–H and O–H groups in total. The van der Waals surface area contributed by atoms with Crippen LogP contribution in [0.3, 0.4) is 0 Å². The summed E-state index contributed by atoms with van der Waals surface area (Å²) in [6.07, 6.45) is 8.13. The number of amides is 3. The van der Waals surface area contributed by atoms with Crippen molar-refractivity contribution in [3.8, 4) is 11.8 Å². The lowest BCUT2D eigenvalue weighted by Crippen LogP contribution is -2.49. The Hall–Kier alpha value is -5.26. The zero-order chi connectivity index (χ0) is 38.3. The van der Waals surface area contributed by atoms with E-state index in [-0.39, 0.29) is 29.9 Å². The summed E-state index contributed by atoms with van der Waals surface area (Å²) >= 11 is 6.14. The van der Waals surface area contributed by atoms with Crippen LogP contribution in [0.25, 0.3) is 0 Å². The van der Waals surface area contributed by atoms with E-state index in [1.54, 1.807) is 36.5 Å². The fraction of sp³-hybridized carbons (Fsp3) is 0.475. The number of nitrogens with one attached hydrogen (secondary N) is 3. The molecule has 0 bridgehead atoms. The molecule has 288 valence electrons. The maximum atomic E-state index is 13.0. The molecular formula is C40H47ClN10O4. The van der Waals surface area contributed by atoms with Crippen molar-refractivity contribution in [2.24, 2.45) is 5.92 Å². The lowest BCUT2D eigenvalue weighted by Gasteiger charge is -2.39. The molecule has 14 nitrogen and oxygen atoms in total. The number of hydrogen-bond donors (Lipinski definition) is 3. The van der Waals surface area contributed by atoms with Gasteiger partial charge in [-0.25, -0.2) is 4.98 Å². The average molecular weight is 767 g/mol. The third-order valence-electron chi connectivity index (χ3n) is 11.1. The number of ether oxygens (including phenoxy) is 1. The van der Waals surface area contributed by atoms with Gasteiger partial charge in [0.05, 0.1) is 22.3 Å². The lowest BCUT2D eigenvalue weighted by molar-refractivity contribution is -0.123. The van der Waals surface area contributed by atoms with Crippen LogP contribution < -0.4 is 30.5 Å². The number of nitriles is 1. The standard InChI is InChI=1S/C40H47ClN10O4/c1-26-2-10-34(39(53)44-26)46-38(52)29-4-12-36(43-24-29)51-20-18-49(19-21-51)25-27-14-16-50(17-15-27)37-13-11-35(47-48-37)40(54)45-30-5-8-31(9-6-30)55-32-7-3-28(23-42)33(41)22-32/h3-4,7,11-13,22,24,27,30-31,34H,1-2,5-6,8-10,14-21,25H2,(H,44,53)(H,45,54)(H,46,52). The number of aromatic nitrogens is 3. The van der Waals surface area contributed by atoms with Gasteiger partial charge in [0.2, 0.25) is 5.91 Å². The molecule has 2 aromatic heterocycles.